The second kappa shape index (κ2) is 14.5. The molecule has 1 rings (SSSR count). The summed E-state index contributed by atoms with van der Waals surface area (Å²) in [4.78, 5) is 53.4. The molecule has 0 aliphatic carbocycles. The van der Waals surface area contributed by atoms with E-state index in [4.69, 9.17) is 9.47 Å². The second-order valence-corrected chi connectivity index (χ2v) is 11.0. The molecule has 1 aliphatic heterocycles. The van der Waals surface area contributed by atoms with Crippen molar-refractivity contribution < 1.29 is 38.9 Å². The van der Waals surface area contributed by atoms with E-state index in [1.807, 2.05) is 9.80 Å². The van der Waals surface area contributed by atoms with Crippen LogP contribution in [0, 0.1) is 0 Å². The largest absolute Gasteiger partial charge is 0.481 e. The van der Waals surface area contributed by atoms with E-state index < -0.39 is 35.6 Å². The van der Waals surface area contributed by atoms with E-state index in [1.54, 1.807) is 46.4 Å². The second-order valence-electron chi connectivity index (χ2n) is 11.0. The van der Waals surface area contributed by atoms with Gasteiger partial charge in [0.25, 0.3) is 0 Å². The highest BCUT2D eigenvalue weighted by Crippen LogP contribution is 2.11. The van der Waals surface area contributed by atoms with E-state index >= 15 is 0 Å². The predicted molar refractivity (Wildman–Crippen MR) is 133 cm³/mol. The van der Waals surface area contributed by atoms with Crippen LogP contribution in [0.2, 0.25) is 0 Å². The van der Waals surface area contributed by atoms with E-state index in [1.165, 1.54) is 0 Å². The quantitative estimate of drug-likeness (QED) is 0.376. The zero-order valence-electron chi connectivity index (χ0n) is 22.5. The number of aliphatic carboxylic acids is 2. The van der Waals surface area contributed by atoms with Crippen molar-refractivity contribution in [3.05, 3.63) is 0 Å². The van der Waals surface area contributed by atoms with Gasteiger partial charge in [-0.25, -0.2) is 0 Å². The normalized spacial score (nSPS) is 18.9. The Bertz CT molecular complexity index is 703. The maximum Gasteiger partial charge on any atom is 0.321 e. The molecule has 0 radical (unpaired) electrons. The first-order valence-corrected chi connectivity index (χ1v) is 12.3. The molecule has 3 N–H and O–H groups in total. The van der Waals surface area contributed by atoms with Crippen molar-refractivity contribution in [2.45, 2.75) is 65.2 Å². The maximum atomic E-state index is 12.4. The Morgan fingerprint density at radius 3 is 1.50 bits per heavy atom. The smallest absolute Gasteiger partial charge is 0.321 e. The molecule has 12 nitrogen and oxygen atoms in total. The van der Waals surface area contributed by atoms with Gasteiger partial charge in [0.1, 0.15) is 17.2 Å². The van der Waals surface area contributed by atoms with E-state index in [-0.39, 0.29) is 38.1 Å². The number of ether oxygens (including phenoxy) is 2. The van der Waals surface area contributed by atoms with Crippen LogP contribution >= 0.6 is 0 Å². The van der Waals surface area contributed by atoms with Crippen LogP contribution in [0.3, 0.4) is 0 Å². The molecule has 12 heteroatoms. The molecule has 0 saturated carbocycles. The molecule has 1 unspecified atom stereocenters. The standard InChI is InChI=1S/C24H44N4O8/c1-23(2,3)35-20(31)16-26-9-7-25-8-10-27(17-21(32)36-24(4,5)6)12-14-28(13-11-26)18(22(33)34)15-19(29)30/h18,25H,7-17H2,1-6H3,(H,29,30)(H,33,34). The zero-order chi connectivity index (χ0) is 27.5. The molecular weight excluding hydrogens is 472 g/mol. The Morgan fingerprint density at radius 1 is 0.750 bits per heavy atom. The van der Waals surface area contributed by atoms with E-state index in [9.17, 15) is 29.4 Å². The summed E-state index contributed by atoms with van der Waals surface area (Å²) in [5.74, 6) is -3.22. The number of hydrogen-bond donors (Lipinski definition) is 3. The summed E-state index contributed by atoms with van der Waals surface area (Å²) in [6.45, 7) is 14.1. The van der Waals surface area contributed by atoms with E-state index in [2.05, 4.69) is 5.32 Å². The lowest BCUT2D eigenvalue weighted by Crippen LogP contribution is -2.51. The number of hydrogen-bond acceptors (Lipinski definition) is 10. The molecule has 0 aromatic carbocycles. The van der Waals surface area contributed by atoms with Crippen molar-refractivity contribution in [2.24, 2.45) is 0 Å². The third-order valence-electron chi connectivity index (χ3n) is 5.26. The van der Waals surface area contributed by atoms with Gasteiger partial charge in [0, 0.05) is 52.4 Å². The average molecular weight is 517 g/mol. The monoisotopic (exact) mass is 516 g/mol. The van der Waals surface area contributed by atoms with Crippen LogP contribution in [0.15, 0.2) is 0 Å². The topological polar surface area (TPSA) is 149 Å². The zero-order valence-corrected chi connectivity index (χ0v) is 22.5. The number of carboxylic acids is 2. The minimum Gasteiger partial charge on any atom is -0.481 e. The lowest BCUT2D eigenvalue weighted by atomic mass is 10.1. The van der Waals surface area contributed by atoms with Crippen molar-refractivity contribution in [3.8, 4) is 0 Å². The minimum absolute atomic E-state index is 0.0359. The van der Waals surface area contributed by atoms with Gasteiger partial charge in [0.05, 0.1) is 19.5 Å². The van der Waals surface area contributed by atoms with Crippen molar-refractivity contribution in [1.82, 2.24) is 20.0 Å². The van der Waals surface area contributed by atoms with Gasteiger partial charge >= 0.3 is 23.9 Å². The summed E-state index contributed by atoms with van der Waals surface area (Å²) in [5, 5.41) is 22.4. The summed E-state index contributed by atoms with van der Waals surface area (Å²) in [6, 6.07) is -1.24. The Labute approximate surface area is 213 Å². The van der Waals surface area contributed by atoms with Crippen LogP contribution in [0.1, 0.15) is 48.0 Å². The molecule has 1 heterocycles. The molecule has 1 fully saturated rings. The molecule has 1 atom stereocenters. The molecule has 0 aromatic rings. The van der Waals surface area contributed by atoms with Crippen molar-refractivity contribution in [3.63, 3.8) is 0 Å². The van der Waals surface area contributed by atoms with Gasteiger partial charge in [-0.1, -0.05) is 0 Å². The van der Waals surface area contributed by atoms with Gasteiger partial charge in [-0.05, 0) is 41.5 Å². The number of rotatable bonds is 8. The summed E-state index contributed by atoms with van der Waals surface area (Å²) in [7, 11) is 0. The Hall–Kier alpha value is -2.28. The molecule has 0 aromatic heterocycles. The van der Waals surface area contributed by atoms with E-state index in [0.29, 0.717) is 39.3 Å². The van der Waals surface area contributed by atoms with Gasteiger partial charge < -0.3 is 25.0 Å². The molecular formula is C24H44N4O8. The van der Waals surface area contributed by atoms with Crippen LogP contribution in [-0.4, -0.2) is 131 Å². The summed E-state index contributed by atoms with van der Waals surface area (Å²) >= 11 is 0. The van der Waals surface area contributed by atoms with Gasteiger partial charge in [-0.3, -0.25) is 33.9 Å². The third kappa shape index (κ3) is 14.3. The highest BCUT2D eigenvalue weighted by atomic mass is 16.6. The molecule has 0 spiro atoms. The van der Waals surface area contributed by atoms with Crippen LogP contribution in [0.5, 0.6) is 0 Å². The van der Waals surface area contributed by atoms with Gasteiger partial charge in [-0.2, -0.15) is 0 Å². The van der Waals surface area contributed by atoms with Gasteiger partial charge in [0.2, 0.25) is 0 Å². The van der Waals surface area contributed by atoms with Crippen molar-refractivity contribution in [2.75, 3.05) is 65.4 Å². The Morgan fingerprint density at radius 2 is 1.17 bits per heavy atom. The van der Waals surface area contributed by atoms with Crippen LogP contribution in [-0.2, 0) is 28.7 Å². The summed E-state index contributed by atoms with van der Waals surface area (Å²) in [5.41, 5.74) is -1.25. The summed E-state index contributed by atoms with van der Waals surface area (Å²) in [6.07, 6.45) is -0.560. The number of nitrogens with zero attached hydrogens (tertiary/aromatic N) is 3. The highest BCUT2D eigenvalue weighted by Gasteiger charge is 2.30. The molecule has 1 saturated heterocycles. The first-order chi connectivity index (χ1) is 16.6. The van der Waals surface area contributed by atoms with Gasteiger partial charge in [0.15, 0.2) is 0 Å². The maximum absolute atomic E-state index is 12.4. The number of nitrogens with one attached hydrogen (secondary N) is 1. The SMILES string of the molecule is CC(C)(C)OC(=O)CN1CCNCCN(CC(=O)OC(C)(C)C)CCN(C(CC(=O)O)C(=O)O)CC1. The highest BCUT2D eigenvalue weighted by molar-refractivity contribution is 5.80. The third-order valence-corrected chi connectivity index (χ3v) is 5.26. The number of carbonyl (C=O) groups excluding carboxylic acids is 2. The van der Waals surface area contributed by atoms with Crippen LogP contribution in [0.4, 0.5) is 0 Å². The molecule has 0 amide bonds. The fourth-order valence-electron chi connectivity index (χ4n) is 3.75. The summed E-state index contributed by atoms with van der Waals surface area (Å²) < 4.78 is 10.9. The van der Waals surface area contributed by atoms with Crippen LogP contribution in [0.25, 0.3) is 0 Å². The number of carboxylic acid groups (broad SMARTS) is 2. The Balaban J connectivity index is 3.02. The van der Waals surface area contributed by atoms with Gasteiger partial charge in [-0.15, -0.1) is 0 Å². The molecule has 0 bridgehead atoms. The Kier molecular flexibility index (Phi) is 12.8. The minimum atomic E-state index is -1.24. The predicted octanol–water partition coefficient (Wildman–Crippen LogP) is 0.107. The van der Waals surface area contributed by atoms with Crippen LogP contribution < -0.4 is 5.32 Å². The first-order valence-electron chi connectivity index (χ1n) is 12.3. The lowest BCUT2D eigenvalue weighted by molar-refractivity contribution is -0.157. The van der Waals surface area contributed by atoms with Crippen molar-refractivity contribution >= 4 is 23.9 Å². The van der Waals surface area contributed by atoms with Crippen molar-refractivity contribution in [1.29, 1.82) is 0 Å². The molecule has 36 heavy (non-hydrogen) atoms. The first kappa shape index (κ1) is 31.7. The fourth-order valence-corrected chi connectivity index (χ4v) is 3.75. The lowest BCUT2D eigenvalue weighted by Gasteiger charge is -2.34. The number of esters is 2. The molecule has 208 valence electrons. The fraction of sp³-hybridized carbons (Fsp3) is 0.833. The molecule has 1 aliphatic rings. The average Bonchev–Trinajstić information content (AvgIpc) is 2.67. The number of carbonyl (C=O) groups is 4. The van der Waals surface area contributed by atoms with E-state index in [0.717, 1.165) is 0 Å².